The maximum absolute atomic E-state index is 10.3. The molecular weight excluding hydrogens is 268 g/mol. The molecule has 0 fully saturated rings. The average molecular weight is 276 g/mol. The third-order valence-corrected chi connectivity index (χ3v) is 3.28. The molecule has 0 aliphatic carbocycles. The number of carboxylic acids is 1. The number of aliphatic hydroxyl groups is 1. The summed E-state index contributed by atoms with van der Waals surface area (Å²) in [5.41, 5.74) is 0. The van der Waals surface area contributed by atoms with Gasteiger partial charge in [-0.2, -0.15) is 0 Å². The molecule has 0 aliphatic heterocycles. The minimum Gasteiger partial charge on any atom is -0.478 e. The lowest BCUT2D eigenvalue weighted by Gasteiger charge is -2.21. The van der Waals surface area contributed by atoms with Gasteiger partial charge in [0.2, 0.25) is 4.51 Å². The SMILES string of the molecule is C[C@H](CBr)[C@](O)(Br)C(=O)O. The molecule has 3 nitrogen and oxygen atoms in total. The fourth-order valence-electron chi connectivity index (χ4n) is 0.313. The lowest BCUT2D eigenvalue weighted by atomic mass is 10.1. The predicted octanol–water partition coefficient (Wildman–Crippen LogP) is 1.19. The van der Waals surface area contributed by atoms with Crippen LogP contribution in [0.25, 0.3) is 0 Å². The number of carboxylic acid groups (broad SMARTS) is 1. The van der Waals surface area contributed by atoms with Crippen molar-refractivity contribution in [2.75, 3.05) is 5.33 Å². The van der Waals surface area contributed by atoms with Gasteiger partial charge in [-0.1, -0.05) is 22.9 Å². The molecule has 0 amide bonds. The third kappa shape index (κ3) is 2.21. The van der Waals surface area contributed by atoms with Gasteiger partial charge in [0.1, 0.15) is 0 Å². The van der Waals surface area contributed by atoms with Gasteiger partial charge in [0, 0.05) is 11.2 Å². The van der Waals surface area contributed by atoms with Gasteiger partial charge in [0.25, 0.3) is 0 Å². The third-order valence-electron chi connectivity index (χ3n) is 1.18. The summed E-state index contributed by atoms with van der Waals surface area (Å²) in [5, 5.41) is 18.0. The first-order valence-corrected chi connectivity index (χ1v) is 4.55. The van der Waals surface area contributed by atoms with E-state index in [1.54, 1.807) is 6.92 Å². The smallest absolute Gasteiger partial charge is 0.347 e. The van der Waals surface area contributed by atoms with Crippen LogP contribution >= 0.6 is 31.9 Å². The largest absolute Gasteiger partial charge is 0.478 e. The van der Waals surface area contributed by atoms with Gasteiger partial charge in [-0.05, 0) is 15.9 Å². The zero-order chi connectivity index (χ0) is 8.36. The summed E-state index contributed by atoms with van der Waals surface area (Å²) in [6.45, 7) is 1.62. The summed E-state index contributed by atoms with van der Waals surface area (Å²) in [4.78, 5) is 10.3. The molecule has 0 aromatic rings. The summed E-state index contributed by atoms with van der Waals surface area (Å²) in [7, 11) is 0. The molecule has 2 N–H and O–H groups in total. The molecule has 0 radical (unpaired) electrons. The van der Waals surface area contributed by atoms with Crippen molar-refractivity contribution < 1.29 is 15.0 Å². The molecule has 0 aliphatic rings. The van der Waals surface area contributed by atoms with E-state index >= 15 is 0 Å². The van der Waals surface area contributed by atoms with Crippen LogP contribution in [0, 0.1) is 5.92 Å². The predicted molar refractivity (Wildman–Crippen MR) is 44.5 cm³/mol. The molecule has 10 heavy (non-hydrogen) atoms. The van der Waals surface area contributed by atoms with E-state index in [4.69, 9.17) is 10.2 Å². The topological polar surface area (TPSA) is 57.5 Å². The van der Waals surface area contributed by atoms with Crippen molar-refractivity contribution >= 4 is 37.8 Å². The summed E-state index contributed by atoms with van der Waals surface area (Å²) in [5.74, 6) is -1.63. The van der Waals surface area contributed by atoms with Crippen molar-refractivity contribution in [2.45, 2.75) is 11.4 Å². The molecule has 0 unspecified atom stereocenters. The van der Waals surface area contributed by atoms with E-state index in [-0.39, 0.29) is 5.92 Å². The van der Waals surface area contributed by atoms with Gasteiger partial charge in [0.15, 0.2) is 0 Å². The Hall–Kier alpha value is 0.390. The van der Waals surface area contributed by atoms with Crippen LogP contribution in [0.3, 0.4) is 0 Å². The number of rotatable bonds is 3. The maximum Gasteiger partial charge on any atom is 0.347 e. The highest BCUT2D eigenvalue weighted by molar-refractivity contribution is 9.10. The Bertz CT molecular complexity index is 135. The molecule has 0 heterocycles. The first-order chi connectivity index (χ1) is 4.42. The monoisotopic (exact) mass is 274 g/mol. The maximum atomic E-state index is 10.3. The van der Waals surface area contributed by atoms with Crippen molar-refractivity contribution in [2.24, 2.45) is 5.92 Å². The van der Waals surface area contributed by atoms with Crippen LogP contribution in [-0.2, 0) is 4.79 Å². The fraction of sp³-hybridized carbons (Fsp3) is 0.800. The van der Waals surface area contributed by atoms with Gasteiger partial charge < -0.3 is 10.2 Å². The zero-order valence-electron chi connectivity index (χ0n) is 5.34. The number of aliphatic carboxylic acids is 1. The van der Waals surface area contributed by atoms with Gasteiger partial charge in [-0.15, -0.1) is 0 Å². The fourth-order valence-corrected chi connectivity index (χ4v) is 1.38. The van der Waals surface area contributed by atoms with Gasteiger partial charge >= 0.3 is 5.97 Å². The van der Waals surface area contributed by atoms with E-state index in [0.717, 1.165) is 0 Å². The Kier molecular flexibility index (Phi) is 3.83. The molecule has 5 heteroatoms. The molecule has 0 aromatic carbocycles. The number of hydrogen-bond donors (Lipinski definition) is 2. The lowest BCUT2D eigenvalue weighted by molar-refractivity contribution is -0.151. The van der Waals surface area contributed by atoms with Crippen molar-refractivity contribution in [1.29, 1.82) is 0 Å². The normalized spacial score (nSPS) is 19.6. The van der Waals surface area contributed by atoms with Crippen LogP contribution in [0.4, 0.5) is 0 Å². The van der Waals surface area contributed by atoms with Gasteiger partial charge in [-0.3, -0.25) is 0 Å². The highest BCUT2D eigenvalue weighted by Crippen LogP contribution is 2.26. The van der Waals surface area contributed by atoms with Crippen LogP contribution in [0.1, 0.15) is 6.92 Å². The number of hydrogen-bond acceptors (Lipinski definition) is 2. The average Bonchev–Trinajstić information content (AvgIpc) is 1.86. The molecule has 0 rings (SSSR count). The van der Waals surface area contributed by atoms with Crippen LogP contribution < -0.4 is 0 Å². The van der Waals surface area contributed by atoms with Crippen molar-refractivity contribution in [3.05, 3.63) is 0 Å². The zero-order valence-corrected chi connectivity index (χ0v) is 8.52. The summed E-state index contributed by atoms with van der Waals surface area (Å²) in [6.07, 6.45) is 0. The summed E-state index contributed by atoms with van der Waals surface area (Å²) >= 11 is 5.76. The molecular formula is C5H8Br2O3. The van der Waals surface area contributed by atoms with E-state index in [1.807, 2.05) is 0 Å². The first kappa shape index (κ1) is 10.4. The second kappa shape index (κ2) is 3.69. The van der Waals surface area contributed by atoms with Crippen LogP contribution in [0.5, 0.6) is 0 Å². The van der Waals surface area contributed by atoms with Gasteiger partial charge in [0.05, 0.1) is 0 Å². The molecule has 0 saturated heterocycles. The van der Waals surface area contributed by atoms with Crippen LogP contribution in [0.2, 0.25) is 0 Å². The Morgan fingerprint density at radius 3 is 2.30 bits per heavy atom. The number of carbonyl (C=O) groups is 1. The van der Waals surface area contributed by atoms with Crippen molar-refractivity contribution in [3.8, 4) is 0 Å². The standard InChI is InChI=1S/C5H8Br2O3/c1-3(2-6)5(7,10)4(8)9/h3,10H,2H2,1H3,(H,8,9)/t3-,5-/m1/s1. The minimum atomic E-state index is -1.81. The molecule has 60 valence electrons. The van der Waals surface area contributed by atoms with E-state index in [1.165, 1.54) is 0 Å². The quantitative estimate of drug-likeness (QED) is 0.761. The van der Waals surface area contributed by atoms with Gasteiger partial charge in [-0.25, -0.2) is 4.79 Å². The lowest BCUT2D eigenvalue weighted by Crippen LogP contribution is -2.39. The van der Waals surface area contributed by atoms with E-state index in [2.05, 4.69) is 31.9 Å². The first-order valence-electron chi connectivity index (χ1n) is 2.63. The van der Waals surface area contributed by atoms with Crippen LogP contribution in [0.15, 0.2) is 0 Å². The Labute approximate surface area is 75.7 Å². The van der Waals surface area contributed by atoms with E-state index in [9.17, 15) is 4.79 Å². The second-order valence-corrected chi connectivity index (χ2v) is 3.89. The number of halogens is 2. The van der Waals surface area contributed by atoms with Crippen molar-refractivity contribution in [3.63, 3.8) is 0 Å². The highest BCUT2D eigenvalue weighted by Gasteiger charge is 2.38. The Balaban J connectivity index is 4.23. The Morgan fingerprint density at radius 1 is 1.80 bits per heavy atom. The second-order valence-electron chi connectivity index (χ2n) is 2.03. The molecule has 0 bridgehead atoms. The minimum absolute atomic E-state index is 0.370. The molecule has 0 aromatic heterocycles. The summed E-state index contributed by atoms with van der Waals surface area (Å²) < 4.78 is -1.81. The highest BCUT2D eigenvalue weighted by atomic mass is 79.9. The van der Waals surface area contributed by atoms with E-state index in [0.29, 0.717) is 5.33 Å². The summed E-state index contributed by atoms with van der Waals surface area (Å²) in [6, 6.07) is 0. The molecule has 0 spiro atoms. The Morgan fingerprint density at radius 2 is 2.20 bits per heavy atom. The van der Waals surface area contributed by atoms with Crippen molar-refractivity contribution in [1.82, 2.24) is 0 Å². The van der Waals surface area contributed by atoms with E-state index < -0.39 is 10.5 Å². The number of alkyl halides is 2. The van der Waals surface area contributed by atoms with Crippen LogP contribution in [-0.4, -0.2) is 26.0 Å². The molecule has 0 saturated carbocycles. The molecule has 2 atom stereocenters.